The van der Waals surface area contributed by atoms with E-state index < -0.39 is 94.8 Å². The summed E-state index contributed by atoms with van der Waals surface area (Å²) in [5, 5.41) is 46.9. The van der Waals surface area contributed by atoms with Gasteiger partial charge in [-0.05, 0) is 89.7 Å². The van der Waals surface area contributed by atoms with E-state index in [0.29, 0.717) is 12.1 Å². The molecule has 3 aliphatic heterocycles. The lowest BCUT2D eigenvalue weighted by Gasteiger charge is -2.28. The highest BCUT2D eigenvalue weighted by atomic mass is 33.1. The number of carbonyl (C=O) groups excluding carboxylic acids is 6. The predicted octanol–water partition coefficient (Wildman–Crippen LogP) is 5.37. The van der Waals surface area contributed by atoms with Crippen LogP contribution < -0.4 is 48.7 Å². The van der Waals surface area contributed by atoms with Crippen LogP contribution in [0, 0.1) is 0 Å². The molecule has 90 heavy (non-hydrogen) atoms. The van der Waals surface area contributed by atoms with Gasteiger partial charge in [0, 0.05) is 71.9 Å². The van der Waals surface area contributed by atoms with Crippen molar-refractivity contribution in [2.75, 3.05) is 36.0 Å². The molecule has 5 atom stereocenters. The average molecular weight is 1260 g/mol. The van der Waals surface area contributed by atoms with Gasteiger partial charge >= 0.3 is 11.9 Å². The Hall–Kier alpha value is -9.42. The van der Waals surface area contributed by atoms with Crippen LogP contribution in [0.1, 0.15) is 76.5 Å². The molecule has 8 rings (SSSR count). The Balaban J connectivity index is 1.05. The number of nitrogens with zero attached hydrogens (tertiary/aromatic N) is 3. The number of phenols is 1. The number of nitrogens with two attached hydrogens (primary N) is 3. The van der Waals surface area contributed by atoms with Gasteiger partial charge in [-0.2, -0.15) is 4.58 Å². The van der Waals surface area contributed by atoms with Crippen molar-refractivity contribution in [3.8, 4) is 5.75 Å². The van der Waals surface area contributed by atoms with Gasteiger partial charge in [-0.25, -0.2) is 0 Å². The van der Waals surface area contributed by atoms with Gasteiger partial charge in [-0.1, -0.05) is 133 Å². The van der Waals surface area contributed by atoms with Crippen LogP contribution in [0.4, 0.5) is 11.4 Å². The van der Waals surface area contributed by atoms with E-state index in [-0.39, 0.29) is 68.4 Å². The fraction of sp³-hybridized carbons (Fsp3) is 0.333. The molecular formula is C66H76N11O11S2+. The second-order valence-electron chi connectivity index (χ2n) is 23.1. The Morgan fingerprint density at radius 3 is 1.98 bits per heavy atom. The first-order valence-electron chi connectivity index (χ1n) is 29.4. The maximum Gasteiger partial charge on any atom is 0.309 e. The minimum absolute atomic E-state index is 0.0318. The van der Waals surface area contributed by atoms with Gasteiger partial charge in [0.25, 0.3) is 0 Å². The molecule has 472 valence electrons. The molecule has 6 amide bonds. The summed E-state index contributed by atoms with van der Waals surface area (Å²) in [6.45, 7) is 9.10. The van der Waals surface area contributed by atoms with E-state index in [1.165, 1.54) is 24.3 Å². The number of carbonyl (C=O) groups is 8. The third-order valence-electron chi connectivity index (χ3n) is 16.0. The Morgan fingerprint density at radius 2 is 1.30 bits per heavy atom. The summed E-state index contributed by atoms with van der Waals surface area (Å²) in [6.07, 6.45) is 12.5. The van der Waals surface area contributed by atoms with Crippen LogP contribution in [0.3, 0.4) is 0 Å². The van der Waals surface area contributed by atoms with Crippen LogP contribution in [0.5, 0.6) is 5.75 Å². The smallest absolute Gasteiger partial charge is 0.309 e. The number of aromatic hydroxyl groups is 1. The Kier molecular flexibility index (Phi) is 22.0. The number of allylic oxidation sites excluding steroid dienone is 8. The van der Waals surface area contributed by atoms with Crippen molar-refractivity contribution >= 4 is 114 Å². The second kappa shape index (κ2) is 29.7. The van der Waals surface area contributed by atoms with Crippen LogP contribution in [0.25, 0.3) is 21.5 Å². The van der Waals surface area contributed by atoms with Gasteiger partial charge in [-0.3, -0.25) is 43.3 Å². The normalized spacial score (nSPS) is 21.0. The summed E-state index contributed by atoms with van der Waals surface area (Å²) in [5.74, 6) is -8.07. The molecule has 1 fully saturated rings. The fourth-order valence-electron chi connectivity index (χ4n) is 11.7. The SMILES string of the molecule is CC1(C)C(/C=C/C=C/C=C/C=C2/N(CCC(=O)N[C@H]3CSSC[C@@H](C(N)=O)NC(=O)[C@H](CC(=O)O)NC(=O)[C@H](Cc4ccc(O)cc4)NC(=O)[C@H](CCCN=C(N)N)NC3=O)c3ccc4ccccc4c3C2(C)C)=[N+](CCC(=O)O)c2ccc3ccccc3c21. The van der Waals surface area contributed by atoms with Crippen molar-refractivity contribution in [3.63, 3.8) is 0 Å². The minimum Gasteiger partial charge on any atom is -0.508 e. The standard InChI is InChI=1S/C66H75N11O11S2/c1-65(2)52(20-8-6-5-7-9-21-53-66(3,4)58-44-18-13-11-16-41(44)25-29-51(58)77(53)34-31-55(80)81)76(50-28-24-40-15-10-12-17-43(40)57(50)65)33-30-54(79)71-49-38-90-89-37-48(59(67)84)75-62(87)47(36-56(82)83)74-61(86)46(35-39-22-26-42(78)27-23-39)73-60(85)45(72-63(49)88)19-14-32-70-64(68)69/h5-13,15-18,20-29,45-49H,14,19,30-38H2,1-4H3,(H13-,67,68,69,70,71,72,73,74,75,78,79,80,81,82,83,84,85,86,87,88)/p+1/t45-,46-,47-,48-,49-/m0/s1. The van der Waals surface area contributed by atoms with Gasteiger partial charge in [0.2, 0.25) is 41.1 Å². The first kappa shape index (κ1) is 66.5. The zero-order valence-corrected chi connectivity index (χ0v) is 52.1. The number of aliphatic carboxylic acids is 2. The topological polar surface area (TPSA) is 354 Å². The lowest BCUT2D eigenvalue weighted by atomic mass is 9.79. The maximum atomic E-state index is 14.6. The number of carboxylic acid groups (broad SMARTS) is 2. The van der Waals surface area contributed by atoms with E-state index in [4.69, 9.17) is 17.2 Å². The zero-order chi connectivity index (χ0) is 64.9. The Morgan fingerprint density at radius 1 is 0.689 bits per heavy atom. The number of nitrogens with one attached hydrogen (secondary N) is 5. The number of aliphatic imine (C=N–C) groups is 1. The van der Waals surface area contributed by atoms with Gasteiger partial charge in [0.1, 0.15) is 42.4 Å². The van der Waals surface area contributed by atoms with Gasteiger partial charge < -0.3 is 64.0 Å². The first-order chi connectivity index (χ1) is 42.9. The molecule has 0 aliphatic carbocycles. The highest BCUT2D eigenvalue weighted by Gasteiger charge is 2.46. The van der Waals surface area contributed by atoms with E-state index in [0.717, 1.165) is 77.0 Å². The van der Waals surface area contributed by atoms with Crippen LogP contribution in [-0.4, -0.2) is 140 Å². The van der Waals surface area contributed by atoms with Crippen molar-refractivity contribution in [2.24, 2.45) is 22.2 Å². The summed E-state index contributed by atoms with van der Waals surface area (Å²) >= 11 is 0. The average Bonchev–Trinajstić information content (AvgIpc) is 1.58. The molecule has 14 N–H and O–H groups in total. The lowest BCUT2D eigenvalue weighted by Crippen LogP contribution is -2.60. The molecule has 24 heteroatoms. The Bertz CT molecular complexity index is 3780. The summed E-state index contributed by atoms with van der Waals surface area (Å²) in [5.41, 5.74) is 22.3. The molecule has 0 aromatic heterocycles. The number of primary amides is 1. The number of benzene rings is 5. The molecule has 3 heterocycles. The number of hydrogen-bond acceptors (Lipinski definition) is 13. The highest BCUT2D eigenvalue weighted by Crippen LogP contribution is 2.51. The van der Waals surface area contributed by atoms with Crippen LogP contribution >= 0.6 is 21.6 Å². The monoisotopic (exact) mass is 1260 g/mol. The molecule has 0 saturated carbocycles. The number of guanidine groups is 1. The molecule has 3 aliphatic rings. The van der Waals surface area contributed by atoms with Crippen molar-refractivity contribution in [2.45, 2.75) is 107 Å². The van der Waals surface area contributed by atoms with Crippen molar-refractivity contribution in [1.82, 2.24) is 26.6 Å². The molecule has 0 spiro atoms. The van der Waals surface area contributed by atoms with Crippen molar-refractivity contribution in [3.05, 3.63) is 162 Å². The molecule has 5 aromatic rings. The molecule has 22 nitrogen and oxygen atoms in total. The van der Waals surface area contributed by atoms with E-state index >= 15 is 0 Å². The van der Waals surface area contributed by atoms with E-state index in [1.54, 1.807) is 0 Å². The van der Waals surface area contributed by atoms with Crippen molar-refractivity contribution < 1.29 is 58.3 Å². The van der Waals surface area contributed by atoms with Gasteiger partial charge in [0.05, 0.1) is 11.8 Å². The Labute approximate surface area is 529 Å². The summed E-state index contributed by atoms with van der Waals surface area (Å²) in [4.78, 5) is 114. The van der Waals surface area contributed by atoms with Crippen LogP contribution in [0.15, 0.2) is 150 Å². The number of phenolic OH excluding ortho intramolecular Hbond substituents is 1. The third kappa shape index (κ3) is 16.3. The molecular weight excluding hydrogens is 1190 g/mol. The first-order valence-corrected chi connectivity index (χ1v) is 31.9. The molecule has 0 unspecified atom stereocenters. The van der Waals surface area contributed by atoms with E-state index in [9.17, 15) is 53.7 Å². The number of fused-ring (bicyclic) bond motifs is 6. The third-order valence-corrected chi connectivity index (χ3v) is 18.5. The largest absolute Gasteiger partial charge is 0.508 e. The molecule has 0 radical (unpaired) electrons. The summed E-state index contributed by atoms with van der Waals surface area (Å²) < 4.78 is 2.10. The number of carboxylic acids is 2. The number of rotatable bonds is 20. The van der Waals surface area contributed by atoms with Gasteiger partial charge in [0.15, 0.2) is 18.2 Å². The number of anilines is 1. The second-order valence-corrected chi connectivity index (χ2v) is 25.7. The number of amides is 6. The lowest BCUT2D eigenvalue weighted by molar-refractivity contribution is -0.436. The van der Waals surface area contributed by atoms with Gasteiger partial charge in [-0.15, -0.1) is 0 Å². The minimum atomic E-state index is -1.74. The van der Waals surface area contributed by atoms with E-state index in [1.807, 2.05) is 85.0 Å². The van der Waals surface area contributed by atoms with E-state index in [2.05, 4.69) is 99.1 Å². The summed E-state index contributed by atoms with van der Waals surface area (Å²) in [7, 11) is 2.09. The zero-order valence-electron chi connectivity index (χ0n) is 50.4. The quantitative estimate of drug-likeness (QED) is 0.0117. The van der Waals surface area contributed by atoms with Crippen LogP contribution in [-0.2, 0) is 55.6 Å². The number of hydrogen-bond donors (Lipinski definition) is 11. The molecule has 5 aromatic carbocycles. The van der Waals surface area contributed by atoms with Crippen LogP contribution in [0.2, 0.25) is 0 Å². The molecule has 0 bridgehead atoms. The maximum absolute atomic E-state index is 14.6. The molecule has 1 saturated heterocycles. The predicted molar refractivity (Wildman–Crippen MR) is 351 cm³/mol. The summed E-state index contributed by atoms with van der Waals surface area (Å²) in [6, 6.07) is 22.9. The fourth-order valence-corrected chi connectivity index (χ4v) is 14.0. The van der Waals surface area contributed by atoms with Crippen molar-refractivity contribution in [1.29, 1.82) is 0 Å². The highest BCUT2D eigenvalue weighted by molar-refractivity contribution is 8.76.